The van der Waals surface area contributed by atoms with Crippen molar-refractivity contribution in [2.75, 3.05) is 33.4 Å². The van der Waals surface area contributed by atoms with Gasteiger partial charge in [-0.15, -0.1) is 0 Å². The van der Waals surface area contributed by atoms with Crippen LogP contribution in [0.5, 0.6) is 11.5 Å². The lowest BCUT2D eigenvalue weighted by Crippen LogP contribution is -2.47. The summed E-state index contributed by atoms with van der Waals surface area (Å²) in [7, 11) is 1.57. The third kappa shape index (κ3) is 4.47. The summed E-state index contributed by atoms with van der Waals surface area (Å²) in [5.74, 6) is 1.05. The fourth-order valence-corrected chi connectivity index (χ4v) is 3.22. The molecule has 0 spiro atoms. The van der Waals surface area contributed by atoms with Crippen LogP contribution in [0, 0.1) is 0 Å². The van der Waals surface area contributed by atoms with Crippen LogP contribution in [0.2, 0.25) is 5.15 Å². The highest BCUT2D eigenvalue weighted by atomic mass is 79.9. The quantitative estimate of drug-likeness (QED) is 0.665. The van der Waals surface area contributed by atoms with Gasteiger partial charge in [0.15, 0.2) is 10.9 Å². The highest BCUT2D eigenvalue weighted by Crippen LogP contribution is 2.25. The molecule has 0 N–H and O–H groups in total. The number of carbonyl (C=O) groups is 1. The lowest BCUT2D eigenvalue weighted by atomic mass is 10.1. The lowest BCUT2D eigenvalue weighted by molar-refractivity contribution is -0.0401. The van der Waals surface area contributed by atoms with E-state index >= 15 is 0 Å². The molecule has 2 aromatic rings. The van der Waals surface area contributed by atoms with Gasteiger partial charge in [-0.25, -0.2) is 4.98 Å². The van der Waals surface area contributed by atoms with E-state index in [4.69, 9.17) is 25.8 Å². The fourth-order valence-electron chi connectivity index (χ4n) is 2.63. The maximum Gasteiger partial charge on any atom is 0.255 e. The number of nitrogens with zero attached hydrogens (tertiary/aromatic N) is 2. The fraction of sp³-hybridized carbons (Fsp3) is 0.333. The third-order valence-electron chi connectivity index (χ3n) is 3.98. The normalized spacial score (nSPS) is 17.0. The first-order chi connectivity index (χ1) is 12.6. The summed E-state index contributed by atoms with van der Waals surface area (Å²) in [5, 5.41) is 0.302. The van der Waals surface area contributed by atoms with Crippen molar-refractivity contribution in [1.29, 1.82) is 0 Å². The second kappa shape index (κ2) is 8.70. The zero-order valence-corrected chi connectivity index (χ0v) is 16.5. The van der Waals surface area contributed by atoms with Gasteiger partial charge in [-0.3, -0.25) is 4.79 Å². The number of amides is 1. The van der Waals surface area contributed by atoms with E-state index in [1.807, 2.05) is 0 Å². The van der Waals surface area contributed by atoms with E-state index in [0.29, 0.717) is 41.9 Å². The largest absolute Gasteiger partial charge is 0.497 e. The van der Waals surface area contributed by atoms with Crippen LogP contribution in [-0.4, -0.2) is 55.3 Å². The Morgan fingerprint density at radius 3 is 3.08 bits per heavy atom. The number of halogens is 2. The van der Waals surface area contributed by atoms with E-state index in [1.165, 1.54) is 0 Å². The number of carbonyl (C=O) groups excluding carboxylic acids is 1. The summed E-state index contributed by atoms with van der Waals surface area (Å²) >= 11 is 9.42. The molecule has 1 aromatic carbocycles. The molecule has 1 aliphatic rings. The topological polar surface area (TPSA) is 60.9 Å². The van der Waals surface area contributed by atoms with Crippen molar-refractivity contribution in [2.24, 2.45) is 0 Å². The summed E-state index contributed by atoms with van der Waals surface area (Å²) < 4.78 is 17.3. The van der Waals surface area contributed by atoms with E-state index in [9.17, 15) is 4.79 Å². The number of hydrogen-bond donors (Lipinski definition) is 0. The molecule has 1 aromatic heterocycles. The minimum absolute atomic E-state index is 0.0801. The lowest BCUT2D eigenvalue weighted by Gasteiger charge is -2.33. The Hall–Kier alpha value is -1.83. The molecule has 1 fully saturated rings. The molecule has 26 heavy (non-hydrogen) atoms. The predicted octanol–water partition coefficient (Wildman–Crippen LogP) is 3.43. The average Bonchev–Trinajstić information content (AvgIpc) is 2.67. The van der Waals surface area contributed by atoms with Crippen LogP contribution in [0.1, 0.15) is 10.4 Å². The number of benzene rings is 1. The molecule has 3 rings (SSSR count). The molecule has 2 heterocycles. The zero-order valence-electron chi connectivity index (χ0n) is 14.2. The van der Waals surface area contributed by atoms with E-state index in [-0.39, 0.29) is 18.6 Å². The first-order valence-corrected chi connectivity index (χ1v) is 9.23. The van der Waals surface area contributed by atoms with E-state index < -0.39 is 0 Å². The summed E-state index contributed by atoms with van der Waals surface area (Å²) in [4.78, 5) is 18.6. The Kier molecular flexibility index (Phi) is 6.34. The molecule has 0 saturated carbocycles. The van der Waals surface area contributed by atoms with Crippen molar-refractivity contribution in [1.82, 2.24) is 9.88 Å². The molecule has 8 heteroatoms. The SMILES string of the molecule is COc1ccc(Br)c(C(=O)N2CCOC(COc3cccnc3Cl)C2)c1. The Morgan fingerprint density at radius 1 is 1.46 bits per heavy atom. The van der Waals surface area contributed by atoms with Crippen molar-refractivity contribution in [3.8, 4) is 11.5 Å². The first-order valence-electron chi connectivity index (χ1n) is 8.06. The van der Waals surface area contributed by atoms with Crippen molar-refractivity contribution < 1.29 is 19.0 Å². The standard InChI is InChI=1S/C18H18BrClN2O4/c1-24-12-4-5-15(19)14(9-12)18(23)22-7-8-25-13(10-22)11-26-16-3-2-6-21-17(16)20/h2-6,9,13H,7-8,10-11H2,1H3. The molecule has 1 amide bonds. The molecule has 138 valence electrons. The molecule has 0 bridgehead atoms. The van der Waals surface area contributed by atoms with Gasteiger partial charge in [0.1, 0.15) is 18.5 Å². The number of morpholine rings is 1. The molecule has 1 unspecified atom stereocenters. The number of methoxy groups -OCH3 is 1. The zero-order chi connectivity index (χ0) is 18.5. The number of rotatable bonds is 5. The first kappa shape index (κ1) is 18.9. The van der Waals surface area contributed by atoms with Gasteiger partial charge in [0.05, 0.1) is 25.8 Å². The summed E-state index contributed by atoms with van der Waals surface area (Å²) in [5.41, 5.74) is 0.557. The molecular weight excluding hydrogens is 424 g/mol. The monoisotopic (exact) mass is 440 g/mol. The van der Waals surface area contributed by atoms with Crippen molar-refractivity contribution in [2.45, 2.75) is 6.10 Å². The number of aromatic nitrogens is 1. The van der Waals surface area contributed by atoms with Crippen LogP contribution in [0.15, 0.2) is 41.0 Å². The van der Waals surface area contributed by atoms with Crippen LogP contribution in [-0.2, 0) is 4.74 Å². The third-order valence-corrected chi connectivity index (χ3v) is 4.95. The van der Waals surface area contributed by atoms with Gasteiger partial charge in [-0.05, 0) is 46.3 Å². The van der Waals surface area contributed by atoms with Gasteiger partial charge in [0.25, 0.3) is 5.91 Å². The minimum atomic E-state index is -0.242. The van der Waals surface area contributed by atoms with Crippen LogP contribution in [0.25, 0.3) is 0 Å². The van der Waals surface area contributed by atoms with Gasteiger partial charge < -0.3 is 19.1 Å². The van der Waals surface area contributed by atoms with Gasteiger partial charge in [0, 0.05) is 17.2 Å². The highest BCUT2D eigenvalue weighted by Gasteiger charge is 2.27. The summed E-state index contributed by atoms with van der Waals surface area (Å²) in [6.07, 6.45) is 1.35. The average molecular weight is 442 g/mol. The highest BCUT2D eigenvalue weighted by molar-refractivity contribution is 9.10. The molecule has 6 nitrogen and oxygen atoms in total. The number of hydrogen-bond acceptors (Lipinski definition) is 5. The van der Waals surface area contributed by atoms with Crippen LogP contribution >= 0.6 is 27.5 Å². The Morgan fingerprint density at radius 2 is 2.31 bits per heavy atom. The van der Waals surface area contributed by atoms with Gasteiger partial charge >= 0.3 is 0 Å². The molecule has 0 aliphatic carbocycles. The van der Waals surface area contributed by atoms with Crippen molar-refractivity contribution in [3.63, 3.8) is 0 Å². The summed E-state index contributed by atoms with van der Waals surface area (Å²) in [6, 6.07) is 8.82. The Bertz CT molecular complexity index is 790. The second-order valence-electron chi connectivity index (χ2n) is 5.69. The number of pyridine rings is 1. The minimum Gasteiger partial charge on any atom is -0.497 e. The van der Waals surface area contributed by atoms with Crippen molar-refractivity contribution >= 4 is 33.4 Å². The predicted molar refractivity (Wildman–Crippen MR) is 101 cm³/mol. The van der Waals surface area contributed by atoms with Gasteiger partial charge in [-0.1, -0.05) is 11.6 Å². The van der Waals surface area contributed by atoms with E-state index in [1.54, 1.807) is 48.5 Å². The van der Waals surface area contributed by atoms with E-state index in [2.05, 4.69) is 20.9 Å². The maximum absolute atomic E-state index is 12.9. The number of ether oxygens (including phenoxy) is 3. The summed E-state index contributed by atoms with van der Waals surface area (Å²) in [6.45, 7) is 1.68. The second-order valence-corrected chi connectivity index (χ2v) is 6.91. The Balaban J connectivity index is 1.64. The Labute approximate surface area is 165 Å². The molecular formula is C18H18BrClN2O4. The van der Waals surface area contributed by atoms with Gasteiger partial charge in [0.2, 0.25) is 0 Å². The van der Waals surface area contributed by atoms with Crippen LogP contribution in [0.4, 0.5) is 0 Å². The molecule has 1 aliphatic heterocycles. The maximum atomic E-state index is 12.9. The molecule has 1 saturated heterocycles. The molecule has 0 radical (unpaired) electrons. The van der Waals surface area contributed by atoms with E-state index in [0.717, 1.165) is 4.47 Å². The van der Waals surface area contributed by atoms with Crippen molar-refractivity contribution in [3.05, 3.63) is 51.7 Å². The smallest absolute Gasteiger partial charge is 0.255 e. The van der Waals surface area contributed by atoms with Crippen LogP contribution in [0.3, 0.4) is 0 Å². The van der Waals surface area contributed by atoms with Crippen LogP contribution < -0.4 is 9.47 Å². The van der Waals surface area contributed by atoms with Gasteiger partial charge in [-0.2, -0.15) is 0 Å². The molecule has 1 atom stereocenters.